The molecule has 0 unspecified atom stereocenters. The predicted octanol–water partition coefficient (Wildman–Crippen LogP) is 0.647. The SMILES string of the molecule is C=C(N)c1ccc(C(=O)ON)cc1. The van der Waals surface area contributed by atoms with Gasteiger partial charge >= 0.3 is 5.97 Å². The number of rotatable bonds is 2. The molecule has 0 aromatic heterocycles. The third-order valence-corrected chi connectivity index (χ3v) is 1.60. The normalized spacial score (nSPS) is 9.31. The molecular weight excluding hydrogens is 168 g/mol. The standard InChI is InChI=1S/C9H10N2O2/c1-6(10)7-2-4-8(5-3-7)9(12)13-11/h2-5H,1,10-11H2. The first-order valence-electron chi connectivity index (χ1n) is 3.61. The number of hydrogen-bond acceptors (Lipinski definition) is 4. The Bertz CT molecular complexity index is 330. The van der Waals surface area contributed by atoms with Crippen LogP contribution in [0.25, 0.3) is 5.70 Å². The van der Waals surface area contributed by atoms with Crippen molar-refractivity contribution in [3.8, 4) is 0 Å². The van der Waals surface area contributed by atoms with Gasteiger partial charge < -0.3 is 10.6 Å². The van der Waals surface area contributed by atoms with Crippen LogP contribution in [0.15, 0.2) is 30.8 Å². The van der Waals surface area contributed by atoms with Gasteiger partial charge in [-0.05, 0) is 17.7 Å². The van der Waals surface area contributed by atoms with Crippen molar-refractivity contribution in [2.45, 2.75) is 0 Å². The highest BCUT2D eigenvalue weighted by Gasteiger charge is 2.04. The predicted molar refractivity (Wildman–Crippen MR) is 49.3 cm³/mol. The Kier molecular flexibility index (Phi) is 2.66. The zero-order valence-electron chi connectivity index (χ0n) is 6.99. The lowest BCUT2D eigenvalue weighted by atomic mass is 10.1. The summed E-state index contributed by atoms with van der Waals surface area (Å²) in [5.41, 5.74) is 7.04. The topological polar surface area (TPSA) is 78.3 Å². The van der Waals surface area contributed by atoms with E-state index >= 15 is 0 Å². The Balaban J connectivity index is 2.93. The van der Waals surface area contributed by atoms with Gasteiger partial charge in [0.25, 0.3) is 0 Å². The van der Waals surface area contributed by atoms with Crippen molar-refractivity contribution in [2.75, 3.05) is 0 Å². The van der Waals surface area contributed by atoms with E-state index in [0.717, 1.165) is 5.56 Å². The van der Waals surface area contributed by atoms with Gasteiger partial charge in [0.15, 0.2) is 0 Å². The molecule has 0 aliphatic carbocycles. The Hall–Kier alpha value is -1.81. The van der Waals surface area contributed by atoms with Crippen LogP contribution >= 0.6 is 0 Å². The molecule has 4 N–H and O–H groups in total. The minimum Gasteiger partial charge on any atom is -0.399 e. The molecule has 0 fully saturated rings. The fourth-order valence-electron chi connectivity index (χ4n) is 0.888. The molecule has 0 saturated carbocycles. The van der Waals surface area contributed by atoms with Crippen LogP contribution in [0.4, 0.5) is 0 Å². The van der Waals surface area contributed by atoms with Gasteiger partial charge in [-0.1, -0.05) is 18.7 Å². The van der Waals surface area contributed by atoms with E-state index in [1.807, 2.05) is 0 Å². The van der Waals surface area contributed by atoms with Crippen molar-refractivity contribution in [1.82, 2.24) is 0 Å². The summed E-state index contributed by atoms with van der Waals surface area (Å²) in [6.45, 7) is 3.56. The van der Waals surface area contributed by atoms with Gasteiger partial charge in [0.1, 0.15) is 0 Å². The number of nitrogens with two attached hydrogens (primary N) is 2. The first-order valence-corrected chi connectivity index (χ1v) is 3.61. The molecule has 1 aromatic carbocycles. The van der Waals surface area contributed by atoms with Crippen LogP contribution in [0.5, 0.6) is 0 Å². The lowest BCUT2D eigenvalue weighted by molar-refractivity contribution is 0.0503. The van der Waals surface area contributed by atoms with E-state index in [4.69, 9.17) is 11.6 Å². The number of hydrogen-bond donors (Lipinski definition) is 2. The Morgan fingerprint density at radius 3 is 2.08 bits per heavy atom. The smallest absolute Gasteiger partial charge is 0.356 e. The lowest BCUT2D eigenvalue weighted by Gasteiger charge is -2.00. The van der Waals surface area contributed by atoms with E-state index in [2.05, 4.69) is 11.4 Å². The van der Waals surface area contributed by atoms with Crippen LogP contribution in [-0.4, -0.2) is 5.97 Å². The summed E-state index contributed by atoms with van der Waals surface area (Å²) < 4.78 is 0. The average Bonchev–Trinajstić information content (AvgIpc) is 2.17. The van der Waals surface area contributed by atoms with Crippen molar-refractivity contribution in [3.05, 3.63) is 42.0 Å². The van der Waals surface area contributed by atoms with Crippen LogP contribution in [0.1, 0.15) is 15.9 Å². The summed E-state index contributed by atoms with van der Waals surface area (Å²) in [6, 6.07) is 6.49. The maximum absolute atomic E-state index is 10.9. The summed E-state index contributed by atoms with van der Waals surface area (Å²) in [7, 11) is 0. The molecule has 0 amide bonds. The van der Waals surface area contributed by atoms with E-state index in [9.17, 15) is 4.79 Å². The summed E-state index contributed by atoms with van der Waals surface area (Å²) in [5.74, 6) is 4.14. The molecule has 68 valence electrons. The molecule has 0 heterocycles. The molecule has 0 bridgehead atoms. The van der Waals surface area contributed by atoms with E-state index in [1.165, 1.54) is 0 Å². The molecular formula is C9H10N2O2. The average molecular weight is 178 g/mol. The minimum atomic E-state index is -0.575. The Morgan fingerprint density at radius 1 is 1.23 bits per heavy atom. The van der Waals surface area contributed by atoms with Gasteiger partial charge in [0.2, 0.25) is 0 Å². The van der Waals surface area contributed by atoms with E-state index < -0.39 is 5.97 Å². The molecule has 0 atom stereocenters. The molecule has 0 aliphatic rings. The zero-order chi connectivity index (χ0) is 9.84. The van der Waals surface area contributed by atoms with Crippen LogP contribution in [0.2, 0.25) is 0 Å². The second kappa shape index (κ2) is 3.73. The van der Waals surface area contributed by atoms with Gasteiger partial charge in [-0.15, -0.1) is 0 Å². The Labute approximate surface area is 75.7 Å². The third-order valence-electron chi connectivity index (χ3n) is 1.60. The second-order valence-electron chi connectivity index (χ2n) is 2.51. The summed E-state index contributed by atoms with van der Waals surface area (Å²) >= 11 is 0. The lowest BCUT2D eigenvalue weighted by Crippen LogP contribution is -2.10. The van der Waals surface area contributed by atoms with Crippen LogP contribution < -0.4 is 11.6 Å². The molecule has 1 aromatic rings. The molecule has 4 heteroatoms. The van der Waals surface area contributed by atoms with E-state index in [1.54, 1.807) is 24.3 Å². The molecule has 1 rings (SSSR count). The molecule has 4 nitrogen and oxygen atoms in total. The maximum Gasteiger partial charge on any atom is 0.356 e. The molecule has 0 radical (unpaired) electrons. The highest BCUT2D eigenvalue weighted by atomic mass is 16.7. The van der Waals surface area contributed by atoms with Gasteiger partial charge in [0.05, 0.1) is 5.56 Å². The zero-order valence-corrected chi connectivity index (χ0v) is 6.99. The van der Waals surface area contributed by atoms with Crippen LogP contribution in [0.3, 0.4) is 0 Å². The summed E-state index contributed by atoms with van der Waals surface area (Å²) in [6.07, 6.45) is 0. The Morgan fingerprint density at radius 2 is 1.69 bits per heavy atom. The monoisotopic (exact) mass is 178 g/mol. The maximum atomic E-state index is 10.9. The van der Waals surface area contributed by atoms with Crippen molar-refractivity contribution < 1.29 is 9.63 Å². The highest BCUT2D eigenvalue weighted by molar-refractivity contribution is 5.89. The number of carbonyl (C=O) groups is 1. The van der Waals surface area contributed by atoms with Crippen molar-refractivity contribution >= 4 is 11.7 Å². The van der Waals surface area contributed by atoms with E-state index in [-0.39, 0.29) is 0 Å². The fraction of sp³-hybridized carbons (Fsp3) is 0. The van der Waals surface area contributed by atoms with E-state index in [0.29, 0.717) is 11.3 Å². The first kappa shape index (κ1) is 9.28. The summed E-state index contributed by atoms with van der Waals surface area (Å²) in [4.78, 5) is 14.9. The first-order chi connectivity index (χ1) is 6.15. The minimum absolute atomic E-state index is 0.382. The summed E-state index contributed by atoms with van der Waals surface area (Å²) in [5, 5.41) is 0. The number of carbonyl (C=O) groups excluding carboxylic acids is 1. The number of benzene rings is 1. The largest absolute Gasteiger partial charge is 0.399 e. The van der Waals surface area contributed by atoms with Crippen molar-refractivity contribution in [3.63, 3.8) is 0 Å². The molecule has 0 spiro atoms. The van der Waals surface area contributed by atoms with Crippen LogP contribution in [0, 0.1) is 0 Å². The van der Waals surface area contributed by atoms with Crippen LogP contribution in [-0.2, 0) is 4.84 Å². The quantitative estimate of drug-likeness (QED) is 0.651. The fourth-order valence-corrected chi connectivity index (χ4v) is 0.888. The molecule has 0 aliphatic heterocycles. The highest BCUT2D eigenvalue weighted by Crippen LogP contribution is 2.09. The van der Waals surface area contributed by atoms with Gasteiger partial charge in [0, 0.05) is 5.70 Å². The van der Waals surface area contributed by atoms with Crippen molar-refractivity contribution in [1.29, 1.82) is 0 Å². The van der Waals surface area contributed by atoms with Gasteiger partial charge in [-0.25, -0.2) is 4.79 Å². The van der Waals surface area contributed by atoms with Crippen molar-refractivity contribution in [2.24, 2.45) is 11.6 Å². The molecule has 13 heavy (non-hydrogen) atoms. The molecule has 0 saturated heterocycles. The second-order valence-corrected chi connectivity index (χ2v) is 2.51. The van der Waals surface area contributed by atoms with Gasteiger partial charge in [-0.2, -0.15) is 5.90 Å². The third kappa shape index (κ3) is 2.07. The van der Waals surface area contributed by atoms with Gasteiger partial charge in [-0.3, -0.25) is 0 Å².